The van der Waals surface area contributed by atoms with Gasteiger partial charge in [-0.05, 0) is 75.2 Å². The molecular formula is C39H44F2N4O7. The van der Waals surface area contributed by atoms with E-state index in [1.165, 1.54) is 36.4 Å². The lowest BCUT2D eigenvalue weighted by atomic mass is 9.96. The molecule has 0 aliphatic rings. The summed E-state index contributed by atoms with van der Waals surface area (Å²) in [6.07, 6.45) is 0. The molecule has 13 heteroatoms. The summed E-state index contributed by atoms with van der Waals surface area (Å²) in [6.45, 7) is 7.21. The van der Waals surface area contributed by atoms with Gasteiger partial charge in [0, 0.05) is 11.1 Å². The molecule has 6 rings (SSSR count). The van der Waals surface area contributed by atoms with Crippen molar-refractivity contribution < 1.29 is 33.9 Å². The summed E-state index contributed by atoms with van der Waals surface area (Å²) in [7, 11) is 0. The van der Waals surface area contributed by atoms with Crippen LogP contribution in [0.3, 0.4) is 0 Å². The number of aliphatic hydroxyl groups is 4. The van der Waals surface area contributed by atoms with Gasteiger partial charge in [-0.25, -0.2) is 18.7 Å². The fourth-order valence-electron chi connectivity index (χ4n) is 4.94. The van der Waals surface area contributed by atoms with Crippen molar-refractivity contribution in [1.29, 1.82) is 0 Å². The number of ether oxygens (including phenoxy) is 1. The van der Waals surface area contributed by atoms with Gasteiger partial charge >= 0.3 is 0 Å². The Balaban J connectivity index is 0.000000251. The monoisotopic (exact) mass is 718 g/mol. The number of hydrogen-bond acceptors (Lipinski definition) is 9. The summed E-state index contributed by atoms with van der Waals surface area (Å²) in [6, 6.07) is 22.5. The van der Waals surface area contributed by atoms with Crippen molar-refractivity contribution in [3.63, 3.8) is 0 Å². The number of hydrogen-bond donors (Lipinski definition) is 6. The van der Waals surface area contributed by atoms with E-state index in [1.54, 1.807) is 38.1 Å². The lowest BCUT2D eigenvalue weighted by Crippen LogP contribution is -2.23. The Kier molecular flexibility index (Phi) is 14.2. The largest absolute Gasteiger partial charge is 0.394 e. The number of benzene rings is 4. The minimum absolute atomic E-state index is 0. The molecule has 0 fully saturated rings. The molecule has 0 saturated carbocycles. The molecule has 276 valence electrons. The van der Waals surface area contributed by atoms with Gasteiger partial charge in [0.2, 0.25) is 0 Å². The molecule has 2 heterocycles. The molecule has 2 aromatic heterocycles. The van der Waals surface area contributed by atoms with Gasteiger partial charge in [0.1, 0.15) is 23.3 Å². The smallest absolute Gasteiger partial charge is 0.259 e. The van der Waals surface area contributed by atoms with Crippen LogP contribution in [-0.2, 0) is 15.9 Å². The van der Waals surface area contributed by atoms with E-state index in [4.69, 9.17) is 20.1 Å². The molecule has 0 aliphatic carbocycles. The number of fused-ring (bicyclic) bond motifs is 2. The molecular weight excluding hydrogens is 674 g/mol. The molecule has 0 saturated heterocycles. The van der Waals surface area contributed by atoms with E-state index >= 15 is 0 Å². The highest BCUT2D eigenvalue weighted by molar-refractivity contribution is 5.80. The van der Waals surface area contributed by atoms with Gasteiger partial charge in [0.25, 0.3) is 11.1 Å². The Morgan fingerprint density at radius 2 is 1.04 bits per heavy atom. The number of rotatable bonds is 8. The van der Waals surface area contributed by atoms with Crippen LogP contribution in [-0.4, -0.2) is 66.8 Å². The first-order valence-corrected chi connectivity index (χ1v) is 16.0. The van der Waals surface area contributed by atoms with Crippen LogP contribution in [0.5, 0.6) is 0 Å². The summed E-state index contributed by atoms with van der Waals surface area (Å²) in [5.41, 5.74) is 1.81. The van der Waals surface area contributed by atoms with Gasteiger partial charge in [0.15, 0.2) is 0 Å². The van der Waals surface area contributed by atoms with E-state index in [9.17, 15) is 23.5 Å². The Labute approximate surface area is 299 Å². The normalized spacial score (nSPS) is 11.3. The molecule has 6 aromatic rings. The van der Waals surface area contributed by atoms with Gasteiger partial charge in [-0.1, -0.05) is 56.0 Å². The summed E-state index contributed by atoms with van der Waals surface area (Å²) < 4.78 is 32.1. The lowest BCUT2D eigenvalue weighted by Gasteiger charge is -2.25. The minimum Gasteiger partial charge on any atom is -0.394 e. The number of aromatic nitrogens is 4. The van der Waals surface area contributed by atoms with Crippen LogP contribution in [0.2, 0.25) is 0 Å². The number of nitrogens with zero attached hydrogens (tertiary/aromatic N) is 2. The number of aromatic amines is 2. The summed E-state index contributed by atoms with van der Waals surface area (Å²) in [5, 5.41) is 34.6. The number of nitrogens with one attached hydrogen (secondary N) is 2. The predicted molar refractivity (Wildman–Crippen MR) is 198 cm³/mol. The second-order valence-corrected chi connectivity index (χ2v) is 12.4. The van der Waals surface area contributed by atoms with Crippen LogP contribution >= 0.6 is 0 Å². The second kappa shape index (κ2) is 17.8. The number of aliphatic hydroxyl groups excluding tert-OH is 3. The average Bonchev–Trinajstić information content (AvgIpc) is 3.11. The van der Waals surface area contributed by atoms with Crippen molar-refractivity contribution in [1.82, 2.24) is 19.9 Å². The first-order chi connectivity index (χ1) is 24.2. The minimum atomic E-state index is -0.930. The summed E-state index contributed by atoms with van der Waals surface area (Å²) in [4.78, 5) is 38.3. The summed E-state index contributed by atoms with van der Waals surface area (Å²) >= 11 is 0. The molecule has 0 radical (unpaired) electrons. The molecule has 6 N–H and O–H groups in total. The van der Waals surface area contributed by atoms with Crippen LogP contribution in [0, 0.1) is 11.6 Å². The second-order valence-electron chi connectivity index (χ2n) is 12.4. The fraction of sp³-hybridized carbons (Fsp3) is 0.282. The Morgan fingerprint density at radius 3 is 1.40 bits per heavy atom. The average molecular weight is 719 g/mol. The topological polar surface area (TPSA) is 182 Å². The number of H-pyrrole nitrogens is 2. The van der Waals surface area contributed by atoms with E-state index in [1.807, 2.05) is 38.1 Å². The van der Waals surface area contributed by atoms with Crippen LogP contribution in [0.4, 0.5) is 8.78 Å². The molecule has 0 bridgehead atoms. The Morgan fingerprint density at radius 1 is 0.635 bits per heavy atom. The standard InChI is InChI=1S/C19H19FN2O3.C17H15FN2O2.C2H6O2.CH4/c1-19(2,25-10-9-23)13-5-3-12(4-6-13)17-21-16-8-7-14(20)11-15(16)18(24)22-17;1-17(2,22)11-5-3-10(4-6-11)15-19-14-8-7-12(18)9-13(14)16(21)20-15;3-1-2-4;/h3-8,11,23H,9-10H2,1-2H3,(H,21,22,24);3-9,22H,1-2H3,(H,19,20,21);3-4H,1-2H2;1H4. The molecule has 0 amide bonds. The molecule has 11 nitrogen and oxygen atoms in total. The fourth-order valence-corrected chi connectivity index (χ4v) is 4.94. The third-order valence-corrected chi connectivity index (χ3v) is 7.71. The van der Waals surface area contributed by atoms with Gasteiger partial charge in [-0.2, -0.15) is 0 Å². The van der Waals surface area contributed by atoms with Crippen molar-refractivity contribution >= 4 is 21.8 Å². The van der Waals surface area contributed by atoms with Crippen molar-refractivity contribution in [3.8, 4) is 22.8 Å². The Bertz CT molecular complexity index is 2190. The van der Waals surface area contributed by atoms with Crippen LogP contribution in [0.15, 0.2) is 94.5 Å². The van der Waals surface area contributed by atoms with Crippen molar-refractivity contribution in [2.75, 3.05) is 26.4 Å². The van der Waals surface area contributed by atoms with E-state index < -0.39 is 22.8 Å². The van der Waals surface area contributed by atoms with E-state index in [-0.39, 0.29) is 55.7 Å². The molecule has 0 spiro atoms. The highest BCUT2D eigenvalue weighted by Crippen LogP contribution is 2.27. The van der Waals surface area contributed by atoms with Crippen LogP contribution in [0.1, 0.15) is 46.2 Å². The maximum Gasteiger partial charge on any atom is 0.259 e. The number of halogens is 2. The van der Waals surface area contributed by atoms with Gasteiger partial charge in [-0.3, -0.25) is 9.59 Å². The van der Waals surface area contributed by atoms with Gasteiger partial charge < -0.3 is 35.1 Å². The van der Waals surface area contributed by atoms with Crippen molar-refractivity contribution in [2.45, 2.75) is 46.3 Å². The zero-order valence-electron chi connectivity index (χ0n) is 28.6. The first kappa shape index (κ1) is 41.2. The highest BCUT2D eigenvalue weighted by atomic mass is 19.1. The molecule has 0 atom stereocenters. The molecule has 0 aliphatic heterocycles. The first-order valence-electron chi connectivity index (χ1n) is 16.0. The molecule has 0 unspecified atom stereocenters. The van der Waals surface area contributed by atoms with E-state index in [0.29, 0.717) is 22.7 Å². The lowest BCUT2D eigenvalue weighted by molar-refractivity contribution is -0.0369. The highest BCUT2D eigenvalue weighted by Gasteiger charge is 2.21. The van der Waals surface area contributed by atoms with E-state index in [2.05, 4.69) is 19.9 Å². The van der Waals surface area contributed by atoms with Crippen LogP contribution < -0.4 is 11.1 Å². The molecule has 4 aromatic carbocycles. The quantitative estimate of drug-likeness (QED) is 0.118. The zero-order chi connectivity index (χ0) is 37.3. The summed E-state index contributed by atoms with van der Waals surface area (Å²) in [5.74, 6) is -0.111. The SMILES string of the molecule is C.CC(C)(O)c1ccc(-c2nc3ccc(F)cc3c(=O)[nH]2)cc1.CC(C)(OCCO)c1ccc(-c2nc3ccc(F)cc3c(=O)[nH]2)cc1.OCCO. The zero-order valence-corrected chi connectivity index (χ0v) is 28.6. The maximum absolute atomic E-state index is 13.3. The van der Waals surface area contributed by atoms with Gasteiger partial charge in [-0.15, -0.1) is 0 Å². The maximum atomic E-state index is 13.3. The van der Waals surface area contributed by atoms with Gasteiger partial charge in [0.05, 0.1) is 59.4 Å². The third kappa shape index (κ3) is 10.4. The predicted octanol–water partition coefficient (Wildman–Crippen LogP) is 5.54. The Hall–Kier alpha value is -5.18. The molecule has 52 heavy (non-hydrogen) atoms. The third-order valence-electron chi connectivity index (χ3n) is 7.71. The van der Waals surface area contributed by atoms with Crippen LogP contribution in [0.25, 0.3) is 44.6 Å². The van der Waals surface area contributed by atoms with E-state index in [0.717, 1.165) is 22.3 Å². The van der Waals surface area contributed by atoms with Crippen molar-refractivity contribution in [2.24, 2.45) is 0 Å². The van der Waals surface area contributed by atoms with Crippen molar-refractivity contribution in [3.05, 3.63) is 128 Å².